The zero-order chi connectivity index (χ0) is 28.8. The van der Waals surface area contributed by atoms with Gasteiger partial charge in [0.2, 0.25) is 0 Å². The molecule has 0 aliphatic carbocycles. The first-order valence-corrected chi connectivity index (χ1v) is 17.0. The van der Waals surface area contributed by atoms with Crippen LogP contribution in [-0.4, -0.2) is 57.7 Å². The molecule has 10 heteroatoms. The van der Waals surface area contributed by atoms with Gasteiger partial charge >= 0.3 is 118 Å². The van der Waals surface area contributed by atoms with Crippen LogP contribution in [0, 0.1) is 10.2 Å². The van der Waals surface area contributed by atoms with Crippen molar-refractivity contribution in [3.63, 3.8) is 0 Å². The number of unbranched alkanes of at least 4 members (excludes halogenated alkanes) is 3. The summed E-state index contributed by atoms with van der Waals surface area (Å²) in [5.41, 5.74) is 3.20. The Labute approximate surface area is 246 Å². The quantitative estimate of drug-likeness (QED) is 0.143. The maximum atomic E-state index is 13.5. The molecule has 0 radical (unpaired) electrons. The Morgan fingerprint density at radius 1 is 0.829 bits per heavy atom. The number of aromatic hydroxyl groups is 2. The molecule has 214 valence electrons. The van der Waals surface area contributed by atoms with Gasteiger partial charge in [-0.3, -0.25) is 0 Å². The van der Waals surface area contributed by atoms with Crippen LogP contribution < -0.4 is 8.92 Å². The van der Waals surface area contributed by atoms with Crippen molar-refractivity contribution in [2.75, 3.05) is 6.61 Å². The molecule has 3 aromatic carbocycles. The van der Waals surface area contributed by atoms with E-state index in [0.29, 0.717) is 12.4 Å². The van der Waals surface area contributed by atoms with E-state index >= 15 is 0 Å². The number of hydrogen-bond donors (Lipinski definition) is 2. The molecule has 1 fully saturated rings. The minimum atomic E-state index is -4.06. The summed E-state index contributed by atoms with van der Waals surface area (Å²) in [6.07, 6.45) is 3.16. The third-order valence-electron chi connectivity index (χ3n) is 7.23. The van der Waals surface area contributed by atoms with Crippen molar-refractivity contribution in [3.8, 4) is 28.0 Å². The number of nitrogens with zero attached hydrogens (tertiary/aromatic N) is 1. The van der Waals surface area contributed by atoms with Gasteiger partial charge in [0, 0.05) is 6.42 Å². The first kappa shape index (κ1) is 29.0. The summed E-state index contributed by atoms with van der Waals surface area (Å²) < 4.78 is 44.5. The van der Waals surface area contributed by atoms with Crippen LogP contribution in [0.1, 0.15) is 43.2 Å². The second-order valence-electron chi connectivity index (χ2n) is 9.99. The number of hydrogen-bond acceptors (Lipinski definition) is 8. The molecule has 2 aliphatic heterocycles. The van der Waals surface area contributed by atoms with Crippen LogP contribution in [0.3, 0.4) is 0 Å². The second-order valence-corrected chi connectivity index (χ2v) is 13.6. The minimum absolute atomic E-state index is 0.0979. The van der Waals surface area contributed by atoms with Crippen molar-refractivity contribution in [2.45, 2.75) is 54.9 Å². The van der Waals surface area contributed by atoms with Gasteiger partial charge in [0.25, 0.3) is 0 Å². The summed E-state index contributed by atoms with van der Waals surface area (Å²) in [7, 11) is -4.06. The molecule has 1 saturated heterocycles. The van der Waals surface area contributed by atoms with Crippen LogP contribution in [0.5, 0.6) is 23.0 Å². The number of nitriles is 1. The van der Waals surface area contributed by atoms with E-state index in [1.54, 1.807) is 72.8 Å². The predicted molar refractivity (Wildman–Crippen MR) is 156 cm³/mol. The van der Waals surface area contributed by atoms with Gasteiger partial charge in [-0.15, -0.1) is 0 Å². The summed E-state index contributed by atoms with van der Waals surface area (Å²) in [6, 6.07) is 19.9. The molecule has 3 aromatic rings. The molecule has 2 aliphatic rings. The van der Waals surface area contributed by atoms with Crippen molar-refractivity contribution < 1.29 is 32.3 Å². The molecule has 2 bridgehead atoms. The topological polar surface area (TPSA) is 126 Å². The van der Waals surface area contributed by atoms with Crippen LogP contribution in [-0.2, 0) is 14.9 Å². The van der Waals surface area contributed by atoms with Gasteiger partial charge in [-0.05, 0) is 46.5 Å². The Kier molecular flexibility index (Phi) is 9.21. The monoisotopic (exact) mass is 641 g/mol. The van der Waals surface area contributed by atoms with E-state index in [9.17, 15) is 18.6 Å². The normalized spacial score (nSPS) is 19.7. The first-order chi connectivity index (χ1) is 19.9. The number of fused-ring (bicyclic) bond motifs is 2. The Hall–Kier alpha value is -3.48. The summed E-state index contributed by atoms with van der Waals surface area (Å²) >= 11 is 0.0979. The summed E-state index contributed by atoms with van der Waals surface area (Å²) in [6.45, 7) is 0.570. The summed E-state index contributed by atoms with van der Waals surface area (Å²) in [4.78, 5) is 2.22. The zero-order valence-electron chi connectivity index (χ0n) is 22.3. The van der Waals surface area contributed by atoms with Crippen LogP contribution in [0.4, 0.5) is 0 Å². The Morgan fingerprint density at radius 2 is 1.41 bits per heavy atom. The second kappa shape index (κ2) is 13.0. The molecule has 3 atom stereocenters. The average Bonchev–Trinajstić information content (AvgIpc) is 3.56. The zero-order valence-corrected chi connectivity index (χ0v) is 24.8. The number of phenolic OH excluding ortho intramolecular Hbond substituents is 2. The van der Waals surface area contributed by atoms with Gasteiger partial charge in [0.1, 0.15) is 22.9 Å². The molecule has 0 saturated carbocycles. The van der Waals surface area contributed by atoms with Crippen molar-refractivity contribution >= 4 is 36.2 Å². The van der Waals surface area contributed by atoms with Gasteiger partial charge in [-0.2, -0.15) is 8.42 Å². The number of phenols is 2. The fraction of sp³-hybridized carbons (Fsp3) is 0.323. The number of ether oxygens (including phenoxy) is 2. The van der Waals surface area contributed by atoms with E-state index in [0.717, 1.165) is 53.3 Å². The molecule has 2 N–H and O–H groups in total. The SMILES string of the molecule is N#C[Se]CCCCCCOc1ccc(OS(=O)(=O)C2CC3OC2C(c2ccc(O)cc2)=C3c2ccc(O)cc2)cc1. The van der Waals surface area contributed by atoms with Crippen LogP contribution in [0.15, 0.2) is 72.8 Å². The molecule has 0 spiro atoms. The molecule has 5 rings (SSSR count). The van der Waals surface area contributed by atoms with E-state index in [2.05, 4.69) is 4.97 Å². The molecular weight excluding hydrogens is 609 g/mol. The van der Waals surface area contributed by atoms with E-state index in [1.807, 2.05) is 0 Å². The van der Waals surface area contributed by atoms with E-state index in [4.69, 9.17) is 18.9 Å². The molecule has 0 aromatic heterocycles. The van der Waals surface area contributed by atoms with E-state index < -0.39 is 27.6 Å². The Morgan fingerprint density at radius 3 is 2.05 bits per heavy atom. The fourth-order valence-corrected chi connectivity index (χ4v) is 7.63. The molecular formula is C31H31NO7SSe. The molecule has 2 heterocycles. The van der Waals surface area contributed by atoms with Gasteiger partial charge < -0.3 is 14.9 Å². The number of benzene rings is 3. The van der Waals surface area contributed by atoms with Crippen molar-refractivity contribution in [3.05, 3.63) is 83.9 Å². The number of rotatable bonds is 13. The van der Waals surface area contributed by atoms with Gasteiger partial charge in [-0.1, -0.05) is 24.3 Å². The summed E-state index contributed by atoms with van der Waals surface area (Å²) in [5.74, 6) is 1.09. The molecule has 8 nitrogen and oxygen atoms in total. The van der Waals surface area contributed by atoms with Crippen molar-refractivity contribution in [1.82, 2.24) is 0 Å². The Balaban J connectivity index is 1.26. The fourth-order valence-electron chi connectivity index (χ4n) is 5.29. The average molecular weight is 641 g/mol. The molecule has 3 unspecified atom stereocenters. The summed E-state index contributed by atoms with van der Waals surface area (Å²) in [5, 5.41) is 28.3. The molecule has 0 amide bonds. The molecule has 41 heavy (non-hydrogen) atoms. The Bertz CT molecular complexity index is 1510. The standard InChI is InChI=1S/C31H31NO7SSe/c32-20-41-18-4-2-1-3-17-37-25-13-15-26(16-14-25)39-40(35,36)28-19-27-29(21-5-9-23(33)10-6-21)30(31(28)38-27)22-7-11-24(34)12-8-22/h5-16,27-28,31,33-34H,1-4,17-19H2. The van der Waals surface area contributed by atoms with Gasteiger partial charge in [-0.25, -0.2) is 0 Å². The van der Waals surface area contributed by atoms with E-state index in [-0.39, 0.29) is 38.6 Å². The van der Waals surface area contributed by atoms with Gasteiger partial charge in [0.05, 0.1) is 6.10 Å². The maximum absolute atomic E-state index is 13.5. The van der Waals surface area contributed by atoms with E-state index in [1.165, 1.54) is 0 Å². The third-order valence-corrected chi connectivity index (χ3v) is 10.1. The van der Waals surface area contributed by atoms with Gasteiger partial charge in [0.15, 0.2) is 0 Å². The first-order valence-electron chi connectivity index (χ1n) is 13.5. The van der Waals surface area contributed by atoms with Crippen LogP contribution in [0.2, 0.25) is 5.32 Å². The predicted octanol–water partition coefficient (Wildman–Crippen LogP) is 5.50. The van der Waals surface area contributed by atoms with Crippen molar-refractivity contribution in [1.29, 1.82) is 5.26 Å². The third kappa shape index (κ3) is 6.88. The van der Waals surface area contributed by atoms with Crippen LogP contribution >= 0.6 is 0 Å². The van der Waals surface area contributed by atoms with Crippen molar-refractivity contribution in [2.24, 2.45) is 0 Å². The van der Waals surface area contributed by atoms with Crippen LogP contribution in [0.25, 0.3) is 11.1 Å².